The van der Waals surface area contributed by atoms with E-state index in [1.807, 2.05) is 56.3 Å². The molecule has 7 heteroatoms. The molecule has 0 aromatic heterocycles. The predicted molar refractivity (Wildman–Crippen MR) is 112 cm³/mol. The van der Waals surface area contributed by atoms with Gasteiger partial charge >= 0.3 is 11.9 Å². The first kappa shape index (κ1) is 23.8. The fraction of sp³-hybridized carbons (Fsp3) is 0.318. The van der Waals surface area contributed by atoms with Crippen LogP contribution >= 0.6 is 0 Å². The van der Waals surface area contributed by atoms with Crippen LogP contribution in [-0.4, -0.2) is 34.6 Å². The molecule has 1 unspecified atom stereocenters. The molecule has 1 amide bonds. The fourth-order valence-corrected chi connectivity index (χ4v) is 2.44. The van der Waals surface area contributed by atoms with Gasteiger partial charge in [0.05, 0.1) is 0 Å². The van der Waals surface area contributed by atoms with Crippen molar-refractivity contribution in [3.63, 3.8) is 0 Å². The highest BCUT2D eigenvalue weighted by Gasteiger charge is 2.20. The molecule has 0 aliphatic heterocycles. The van der Waals surface area contributed by atoms with Gasteiger partial charge in [0.25, 0.3) is 0 Å². The number of carbonyl (C=O) groups is 3. The Morgan fingerprint density at radius 1 is 0.931 bits per heavy atom. The van der Waals surface area contributed by atoms with E-state index in [9.17, 15) is 4.79 Å². The number of anilines is 1. The lowest BCUT2D eigenvalue weighted by Crippen LogP contribution is -2.35. The molecule has 0 radical (unpaired) electrons. The first-order valence-corrected chi connectivity index (χ1v) is 9.24. The third kappa shape index (κ3) is 8.57. The molecule has 0 aliphatic rings. The lowest BCUT2D eigenvalue weighted by Gasteiger charge is -2.21. The molecule has 0 saturated carbocycles. The van der Waals surface area contributed by atoms with Crippen LogP contribution in [-0.2, 0) is 14.4 Å². The number of aliphatic carboxylic acids is 2. The lowest BCUT2D eigenvalue weighted by molar-refractivity contribution is -0.159. The van der Waals surface area contributed by atoms with Gasteiger partial charge in [0, 0.05) is 5.69 Å². The molecule has 2 aromatic rings. The molecule has 0 aliphatic carbocycles. The van der Waals surface area contributed by atoms with Gasteiger partial charge in [0.2, 0.25) is 5.91 Å². The quantitative estimate of drug-likeness (QED) is 0.553. The van der Waals surface area contributed by atoms with Gasteiger partial charge in [-0.05, 0) is 49.1 Å². The molecule has 156 valence electrons. The summed E-state index contributed by atoms with van der Waals surface area (Å²) in [7, 11) is 0. The molecule has 29 heavy (non-hydrogen) atoms. The molecule has 7 nitrogen and oxygen atoms in total. The average Bonchev–Trinajstić information content (AvgIpc) is 2.66. The number of hydrogen-bond donors (Lipinski definition) is 4. The molecular formula is C22H28N2O5. The van der Waals surface area contributed by atoms with E-state index in [0.717, 1.165) is 28.9 Å². The third-order valence-corrected chi connectivity index (χ3v) is 3.96. The molecule has 0 fully saturated rings. The fourth-order valence-electron chi connectivity index (χ4n) is 2.44. The summed E-state index contributed by atoms with van der Waals surface area (Å²) in [6.07, 6.45) is 0. The first-order chi connectivity index (χ1) is 13.6. The number of aryl methyl sites for hydroxylation is 2. The highest BCUT2D eigenvalue weighted by atomic mass is 16.4. The molecule has 0 saturated heterocycles. The van der Waals surface area contributed by atoms with Gasteiger partial charge in [-0.1, -0.05) is 56.3 Å². The first-order valence-electron chi connectivity index (χ1n) is 9.24. The van der Waals surface area contributed by atoms with E-state index in [4.69, 9.17) is 19.8 Å². The van der Waals surface area contributed by atoms with E-state index in [1.165, 1.54) is 0 Å². The summed E-state index contributed by atoms with van der Waals surface area (Å²) in [6.45, 7) is 9.10. The Bertz CT molecular complexity index is 822. The predicted octanol–water partition coefficient (Wildman–Crippen LogP) is 3.38. The van der Waals surface area contributed by atoms with Crippen LogP contribution in [0.2, 0.25) is 0 Å². The van der Waals surface area contributed by atoms with Crippen molar-refractivity contribution in [1.82, 2.24) is 5.32 Å². The van der Waals surface area contributed by atoms with Crippen LogP contribution in [0, 0.1) is 19.8 Å². The number of amides is 1. The minimum Gasteiger partial charge on any atom is -0.473 e. The van der Waals surface area contributed by atoms with Crippen molar-refractivity contribution in [2.45, 2.75) is 33.7 Å². The molecule has 0 heterocycles. The highest BCUT2D eigenvalue weighted by molar-refractivity contribution is 6.27. The monoisotopic (exact) mass is 400 g/mol. The normalized spacial score (nSPS) is 11.2. The summed E-state index contributed by atoms with van der Waals surface area (Å²) in [5.74, 6) is -3.19. The minimum absolute atomic E-state index is 0.0226. The van der Waals surface area contributed by atoms with E-state index >= 15 is 0 Å². The van der Waals surface area contributed by atoms with Gasteiger partial charge < -0.3 is 20.8 Å². The van der Waals surface area contributed by atoms with Gasteiger partial charge in [-0.15, -0.1) is 0 Å². The van der Waals surface area contributed by atoms with Crippen molar-refractivity contribution in [2.24, 2.45) is 5.92 Å². The second kappa shape index (κ2) is 11.6. The number of benzene rings is 2. The van der Waals surface area contributed by atoms with E-state index in [0.29, 0.717) is 5.92 Å². The van der Waals surface area contributed by atoms with Crippen molar-refractivity contribution in [1.29, 1.82) is 0 Å². The van der Waals surface area contributed by atoms with Crippen molar-refractivity contribution < 1.29 is 24.6 Å². The SMILES string of the molecule is Cc1ccc(C)c(NC(=O)C(NCC(C)C)c2ccccc2)c1.O=C(O)C(=O)O. The molecule has 0 spiro atoms. The lowest BCUT2D eigenvalue weighted by atomic mass is 10.0. The molecular weight excluding hydrogens is 372 g/mol. The van der Waals surface area contributed by atoms with Crippen molar-refractivity contribution in [2.75, 3.05) is 11.9 Å². The number of carboxylic acids is 2. The number of carbonyl (C=O) groups excluding carboxylic acids is 1. The molecule has 4 N–H and O–H groups in total. The zero-order chi connectivity index (χ0) is 22.0. The van der Waals surface area contributed by atoms with Crippen LogP contribution in [0.15, 0.2) is 48.5 Å². The Kier molecular flexibility index (Phi) is 9.55. The number of nitrogens with one attached hydrogen (secondary N) is 2. The number of carboxylic acid groups (broad SMARTS) is 2. The van der Waals surface area contributed by atoms with Crippen LogP contribution in [0.1, 0.15) is 36.6 Å². The van der Waals surface area contributed by atoms with Crippen LogP contribution in [0.4, 0.5) is 5.69 Å². The Morgan fingerprint density at radius 3 is 2.03 bits per heavy atom. The van der Waals surface area contributed by atoms with Gasteiger partial charge in [0.1, 0.15) is 6.04 Å². The third-order valence-electron chi connectivity index (χ3n) is 3.96. The topological polar surface area (TPSA) is 116 Å². The summed E-state index contributed by atoms with van der Waals surface area (Å²) in [5, 5.41) is 21.2. The summed E-state index contributed by atoms with van der Waals surface area (Å²) in [4.78, 5) is 31.0. The number of hydrogen-bond acceptors (Lipinski definition) is 4. The maximum absolute atomic E-state index is 12.8. The molecule has 2 aromatic carbocycles. The minimum atomic E-state index is -1.82. The second-order valence-electron chi connectivity index (χ2n) is 7.06. The van der Waals surface area contributed by atoms with Crippen molar-refractivity contribution in [3.8, 4) is 0 Å². The molecule has 0 bridgehead atoms. The van der Waals surface area contributed by atoms with E-state index < -0.39 is 11.9 Å². The Labute approximate surface area is 170 Å². The van der Waals surface area contributed by atoms with E-state index in [1.54, 1.807) is 0 Å². The van der Waals surface area contributed by atoms with Crippen LogP contribution < -0.4 is 10.6 Å². The van der Waals surface area contributed by atoms with Crippen molar-refractivity contribution >= 4 is 23.5 Å². The van der Waals surface area contributed by atoms with Crippen LogP contribution in [0.3, 0.4) is 0 Å². The van der Waals surface area contributed by atoms with Crippen LogP contribution in [0.5, 0.6) is 0 Å². The van der Waals surface area contributed by atoms with Gasteiger partial charge in [0.15, 0.2) is 0 Å². The van der Waals surface area contributed by atoms with Gasteiger partial charge in [-0.25, -0.2) is 9.59 Å². The summed E-state index contributed by atoms with van der Waals surface area (Å²) >= 11 is 0. The number of rotatable bonds is 6. The zero-order valence-electron chi connectivity index (χ0n) is 17.1. The second-order valence-corrected chi connectivity index (χ2v) is 7.06. The Balaban J connectivity index is 0.000000612. The smallest absolute Gasteiger partial charge is 0.414 e. The maximum atomic E-state index is 12.8. The van der Waals surface area contributed by atoms with Gasteiger partial charge in [-0.3, -0.25) is 4.79 Å². The Morgan fingerprint density at radius 2 is 1.52 bits per heavy atom. The Hall–Kier alpha value is -3.19. The standard InChI is InChI=1S/C20H26N2O.C2H2O4/c1-14(2)13-21-19(17-8-6-5-7-9-17)20(23)22-18-12-15(3)10-11-16(18)4;3-1(4)2(5)6/h5-12,14,19,21H,13H2,1-4H3,(H,22,23);(H,3,4)(H,5,6). The van der Waals surface area contributed by atoms with E-state index in [-0.39, 0.29) is 11.9 Å². The summed E-state index contributed by atoms with van der Waals surface area (Å²) in [6, 6.07) is 15.6. The maximum Gasteiger partial charge on any atom is 0.414 e. The zero-order valence-corrected chi connectivity index (χ0v) is 17.1. The molecule has 1 atom stereocenters. The highest BCUT2D eigenvalue weighted by Crippen LogP contribution is 2.20. The largest absolute Gasteiger partial charge is 0.473 e. The van der Waals surface area contributed by atoms with E-state index in [2.05, 4.69) is 30.5 Å². The average molecular weight is 400 g/mol. The molecule has 2 rings (SSSR count). The summed E-state index contributed by atoms with van der Waals surface area (Å²) in [5.41, 5.74) is 4.06. The van der Waals surface area contributed by atoms with Crippen molar-refractivity contribution in [3.05, 3.63) is 65.2 Å². The summed E-state index contributed by atoms with van der Waals surface area (Å²) < 4.78 is 0. The van der Waals surface area contributed by atoms with Crippen LogP contribution in [0.25, 0.3) is 0 Å². The van der Waals surface area contributed by atoms with Gasteiger partial charge in [-0.2, -0.15) is 0 Å².